The highest BCUT2D eigenvalue weighted by Crippen LogP contribution is 1.85. The largest absolute Gasteiger partial charge is 0.233 e. The monoisotopic (exact) mass is 190 g/mol. The molecule has 4 N–H and O–H groups in total. The van der Waals surface area contributed by atoms with Gasteiger partial charge in [-0.3, -0.25) is 0 Å². The zero-order chi connectivity index (χ0) is 10.1. The van der Waals surface area contributed by atoms with Gasteiger partial charge in [-0.25, -0.2) is 10.9 Å². The second-order valence-corrected chi connectivity index (χ2v) is 3.86. The summed E-state index contributed by atoms with van der Waals surface area (Å²) in [6, 6.07) is 0. The van der Waals surface area contributed by atoms with E-state index >= 15 is 0 Å². The minimum Gasteiger partial charge on any atom is -0.233 e. The highest BCUT2D eigenvalue weighted by atomic mass is 16.8. The van der Waals surface area contributed by atoms with Crippen LogP contribution in [-0.4, -0.2) is 13.1 Å². The lowest BCUT2D eigenvalue weighted by atomic mass is 10.2. The molecule has 0 aromatic rings. The fourth-order valence-electron chi connectivity index (χ4n) is 0.589. The maximum atomic E-state index is 4.81. The molecule has 0 aliphatic carbocycles. The molecule has 0 atom stereocenters. The predicted octanol–water partition coefficient (Wildman–Crippen LogP) is 0.333. The second-order valence-electron chi connectivity index (χ2n) is 3.86. The van der Waals surface area contributed by atoms with Gasteiger partial charge >= 0.3 is 0 Å². The molecule has 0 fully saturated rings. The molecule has 5 heteroatoms. The molecule has 0 unspecified atom stereocenters. The number of hydrogen-bond acceptors (Lipinski definition) is 5. The number of hydrogen-bond donors (Lipinski definition) is 4. The van der Waals surface area contributed by atoms with Crippen LogP contribution in [0.15, 0.2) is 0 Å². The Bertz CT molecular complexity index is 96.3. The standard InChI is InChI=1S/C8H22N4O/c1-7(2)5-9-11-13-12-10-6-8(3)4/h7-12H,5-6H2,1-4H3. The molecule has 0 spiro atoms. The van der Waals surface area contributed by atoms with Crippen molar-refractivity contribution in [1.82, 2.24) is 22.0 Å². The smallest absolute Gasteiger partial charge is 0.0145 e. The Balaban J connectivity index is 2.92. The molecule has 0 aromatic carbocycles. The number of rotatable bonds is 8. The molecule has 0 bridgehead atoms. The molecule has 0 saturated heterocycles. The molecule has 0 aliphatic heterocycles. The maximum Gasteiger partial charge on any atom is 0.0145 e. The molecule has 0 aliphatic rings. The minimum absolute atomic E-state index is 0.597. The van der Waals surface area contributed by atoms with Crippen LogP contribution in [0, 0.1) is 11.8 Å². The first kappa shape index (κ1) is 12.8. The van der Waals surface area contributed by atoms with Gasteiger partial charge in [-0.2, -0.15) is 4.94 Å². The third-order valence-electron chi connectivity index (χ3n) is 1.27. The van der Waals surface area contributed by atoms with Crippen LogP contribution in [0.4, 0.5) is 0 Å². The van der Waals surface area contributed by atoms with Gasteiger partial charge in [0.25, 0.3) is 0 Å². The molecule has 0 amide bonds. The Morgan fingerprint density at radius 3 is 1.54 bits per heavy atom. The summed E-state index contributed by atoms with van der Waals surface area (Å²) in [6.45, 7) is 10.2. The van der Waals surface area contributed by atoms with Crippen LogP contribution < -0.4 is 22.0 Å². The van der Waals surface area contributed by atoms with Crippen molar-refractivity contribution in [2.75, 3.05) is 13.1 Å². The molecule has 0 radical (unpaired) electrons. The highest BCUT2D eigenvalue weighted by molar-refractivity contribution is 4.43. The Morgan fingerprint density at radius 1 is 0.846 bits per heavy atom. The Hall–Kier alpha value is -0.200. The molecular weight excluding hydrogens is 168 g/mol. The van der Waals surface area contributed by atoms with Crippen molar-refractivity contribution in [3.8, 4) is 0 Å². The van der Waals surface area contributed by atoms with Gasteiger partial charge in [0.05, 0.1) is 0 Å². The van der Waals surface area contributed by atoms with Crippen LogP contribution in [0.25, 0.3) is 0 Å². The molecule has 5 nitrogen and oxygen atoms in total. The topological polar surface area (TPSA) is 57.4 Å². The Labute approximate surface area is 80.5 Å². The summed E-state index contributed by atoms with van der Waals surface area (Å²) < 4.78 is 0. The lowest BCUT2D eigenvalue weighted by Crippen LogP contribution is -2.44. The van der Waals surface area contributed by atoms with Gasteiger partial charge in [-0.05, 0) is 11.8 Å². The number of nitrogens with one attached hydrogen (secondary N) is 4. The van der Waals surface area contributed by atoms with Crippen molar-refractivity contribution in [2.45, 2.75) is 27.7 Å². The zero-order valence-corrected chi connectivity index (χ0v) is 8.98. The first-order chi connectivity index (χ1) is 6.13. The molecular formula is C8H22N4O. The highest BCUT2D eigenvalue weighted by Gasteiger charge is 1.92. The third-order valence-corrected chi connectivity index (χ3v) is 1.27. The van der Waals surface area contributed by atoms with Crippen LogP contribution in [0.5, 0.6) is 0 Å². The van der Waals surface area contributed by atoms with E-state index in [1.54, 1.807) is 0 Å². The maximum absolute atomic E-state index is 4.81. The van der Waals surface area contributed by atoms with Crippen molar-refractivity contribution in [2.24, 2.45) is 11.8 Å². The van der Waals surface area contributed by atoms with Gasteiger partial charge in [0, 0.05) is 13.1 Å². The SMILES string of the molecule is CC(C)CNNONNCC(C)C. The van der Waals surface area contributed by atoms with Gasteiger partial charge in [0.15, 0.2) is 0 Å². The zero-order valence-electron chi connectivity index (χ0n) is 8.98. The lowest BCUT2D eigenvalue weighted by Gasteiger charge is -2.11. The van der Waals surface area contributed by atoms with E-state index in [0.717, 1.165) is 13.1 Å². The summed E-state index contributed by atoms with van der Waals surface area (Å²) in [5, 5.41) is 0. The summed E-state index contributed by atoms with van der Waals surface area (Å²) in [5.74, 6) is 1.19. The normalized spacial score (nSPS) is 11.5. The van der Waals surface area contributed by atoms with Crippen molar-refractivity contribution < 1.29 is 4.94 Å². The van der Waals surface area contributed by atoms with E-state index in [-0.39, 0.29) is 0 Å². The van der Waals surface area contributed by atoms with E-state index in [4.69, 9.17) is 4.94 Å². The predicted molar refractivity (Wildman–Crippen MR) is 53.0 cm³/mol. The fourth-order valence-corrected chi connectivity index (χ4v) is 0.589. The average molecular weight is 190 g/mol. The number of hydrazine groups is 2. The van der Waals surface area contributed by atoms with E-state index < -0.39 is 0 Å². The van der Waals surface area contributed by atoms with Crippen molar-refractivity contribution in [3.63, 3.8) is 0 Å². The summed E-state index contributed by atoms with van der Waals surface area (Å²) >= 11 is 0. The molecule has 0 saturated carbocycles. The van der Waals surface area contributed by atoms with Gasteiger partial charge in [0.1, 0.15) is 0 Å². The van der Waals surface area contributed by atoms with E-state index in [9.17, 15) is 0 Å². The van der Waals surface area contributed by atoms with Crippen LogP contribution in [0.1, 0.15) is 27.7 Å². The summed E-state index contributed by atoms with van der Waals surface area (Å²) in [5.41, 5.74) is 10.9. The minimum atomic E-state index is 0.597. The summed E-state index contributed by atoms with van der Waals surface area (Å²) in [7, 11) is 0. The molecule has 0 rings (SSSR count). The molecule has 13 heavy (non-hydrogen) atoms. The van der Waals surface area contributed by atoms with Crippen LogP contribution >= 0.6 is 0 Å². The van der Waals surface area contributed by atoms with E-state index in [2.05, 4.69) is 49.7 Å². The van der Waals surface area contributed by atoms with E-state index in [1.165, 1.54) is 0 Å². The first-order valence-electron chi connectivity index (χ1n) is 4.74. The van der Waals surface area contributed by atoms with Gasteiger partial charge in [-0.1, -0.05) is 27.7 Å². The van der Waals surface area contributed by atoms with E-state index in [0.29, 0.717) is 11.8 Å². The van der Waals surface area contributed by atoms with Gasteiger partial charge in [-0.15, -0.1) is 11.2 Å². The van der Waals surface area contributed by atoms with Crippen molar-refractivity contribution >= 4 is 0 Å². The molecule has 80 valence electrons. The van der Waals surface area contributed by atoms with Crippen LogP contribution in [-0.2, 0) is 4.94 Å². The Morgan fingerprint density at radius 2 is 1.23 bits per heavy atom. The second kappa shape index (κ2) is 8.40. The lowest BCUT2D eigenvalue weighted by molar-refractivity contribution is -0.0849. The van der Waals surface area contributed by atoms with Crippen LogP contribution in [0.3, 0.4) is 0 Å². The summed E-state index contributed by atoms with van der Waals surface area (Å²) in [6.07, 6.45) is 0. The average Bonchev–Trinajstić information content (AvgIpc) is 2.01. The third kappa shape index (κ3) is 11.8. The first-order valence-corrected chi connectivity index (χ1v) is 4.74. The van der Waals surface area contributed by atoms with Crippen LogP contribution in [0.2, 0.25) is 0 Å². The molecule has 0 aromatic heterocycles. The molecule has 0 heterocycles. The fraction of sp³-hybridized carbons (Fsp3) is 1.00. The van der Waals surface area contributed by atoms with Crippen molar-refractivity contribution in [3.05, 3.63) is 0 Å². The Kier molecular flexibility index (Phi) is 8.27. The van der Waals surface area contributed by atoms with Gasteiger partial charge < -0.3 is 0 Å². The summed E-state index contributed by atoms with van der Waals surface area (Å²) in [4.78, 5) is 4.81. The van der Waals surface area contributed by atoms with Gasteiger partial charge in [0.2, 0.25) is 0 Å². The quantitative estimate of drug-likeness (QED) is 0.328. The van der Waals surface area contributed by atoms with E-state index in [1.807, 2.05) is 0 Å². The van der Waals surface area contributed by atoms with Crippen molar-refractivity contribution in [1.29, 1.82) is 0 Å².